The zero-order valence-electron chi connectivity index (χ0n) is 12.2. The van der Waals surface area contributed by atoms with E-state index in [9.17, 15) is 13.2 Å². The Bertz CT molecular complexity index is 615. The maximum atomic E-state index is 13.3. The van der Waals surface area contributed by atoms with Crippen molar-refractivity contribution in [3.8, 4) is 11.1 Å². The van der Waals surface area contributed by atoms with Crippen molar-refractivity contribution in [3.05, 3.63) is 53.8 Å². The average Bonchev–Trinajstić information content (AvgIpc) is 2.44. The summed E-state index contributed by atoms with van der Waals surface area (Å²) in [6, 6.07) is 9.34. The Labute approximate surface area is 123 Å². The molecule has 0 spiro atoms. The van der Waals surface area contributed by atoms with Crippen molar-refractivity contribution in [1.82, 2.24) is 0 Å². The van der Waals surface area contributed by atoms with Crippen LogP contribution >= 0.6 is 0 Å². The van der Waals surface area contributed by atoms with Crippen LogP contribution in [0.15, 0.2) is 36.4 Å². The van der Waals surface area contributed by atoms with Crippen LogP contribution in [0.3, 0.4) is 0 Å². The first-order valence-electron chi connectivity index (χ1n) is 6.74. The predicted octanol–water partition coefficient (Wildman–Crippen LogP) is 4.22. The van der Waals surface area contributed by atoms with Crippen LogP contribution in [-0.4, -0.2) is 14.9 Å². The molecule has 0 amide bonds. The van der Waals surface area contributed by atoms with Gasteiger partial charge in [-0.15, -0.1) is 0 Å². The number of halogens is 3. The van der Waals surface area contributed by atoms with Crippen LogP contribution in [0.2, 0.25) is 13.1 Å². The van der Waals surface area contributed by atoms with Gasteiger partial charge in [-0.3, -0.25) is 0 Å². The Morgan fingerprint density at radius 2 is 1.43 bits per heavy atom. The summed E-state index contributed by atoms with van der Waals surface area (Å²) in [5.74, 6) is -3.81. The first-order valence-corrected chi connectivity index (χ1v) is 9.65. The summed E-state index contributed by atoms with van der Waals surface area (Å²) in [7, 11) is -1.94. The molecule has 2 rings (SSSR count). The van der Waals surface area contributed by atoms with Crippen molar-refractivity contribution in [2.45, 2.75) is 20.0 Å². The fraction of sp³-hybridized carbons (Fsp3) is 0.250. The Morgan fingerprint density at radius 1 is 0.905 bits per heavy atom. The van der Waals surface area contributed by atoms with Gasteiger partial charge < -0.3 is 4.43 Å². The van der Waals surface area contributed by atoms with Gasteiger partial charge in [0.25, 0.3) is 0 Å². The van der Waals surface area contributed by atoms with Crippen molar-refractivity contribution < 1.29 is 17.6 Å². The molecular weight excluding hydrogens is 293 g/mol. The van der Waals surface area contributed by atoms with E-state index >= 15 is 0 Å². The molecule has 0 unspecified atom stereocenters. The molecule has 0 aliphatic heterocycles. The van der Waals surface area contributed by atoms with Gasteiger partial charge >= 0.3 is 0 Å². The Kier molecular flexibility index (Phi) is 4.54. The molecule has 0 radical (unpaired) electrons. The van der Waals surface area contributed by atoms with E-state index in [1.54, 1.807) is 12.1 Å². The highest BCUT2D eigenvalue weighted by atomic mass is 28.4. The van der Waals surface area contributed by atoms with Gasteiger partial charge in [0.1, 0.15) is 0 Å². The second-order valence-electron chi connectivity index (χ2n) is 5.27. The lowest BCUT2D eigenvalue weighted by molar-refractivity contribution is 0.339. The molecule has 0 fully saturated rings. The normalized spacial score (nSPS) is 11.7. The number of rotatable bonds is 4. The Balaban J connectivity index is 2.35. The van der Waals surface area contributed by atoms with Crippen LogP contribution in [0, 0.1) is 17.5 Å². The fourth-order valence-electron chi connectivity index (χ4n) is 2.23. The van der Waals surface area contributed by atoms with Crippen LogP contribution < -0.4 is 5.19 Å². The maximum absolute atomic E-state index is 13.3. The lowest BCUT2D eigenvalue weighted by Crippen LogP contribution is -2.44. The first kappa shape index (κ1) is 15.8. The quantitative estimate of drug-likeness (QED) is 0.607. The maximum Gasteiger partial charge on any atom is 0.218 e. The highest BCUT2D eigenvalue weighted by molar-refractivity contribution is 6.84. The van der Waals surface area contributed by atoms with E-state index in [1.165, 1.54) is 0 Å². The third kappa shape index (κ3) is 3.36. The first-order chi connectivity index (χ1) is 9.85. The molecule has 0 saturated heterocycles. The average molecular weight is 310 g/mol. The third-order valence-corrected chi connectivity index (χ3v) is 6.14. The third-order valence-electron chi connectivity index (χ3n) is 3.40. The molecule has 0 aromatic heterocycles. The monoisotopic (exact) mass is 310 g/mol. The minimum Gasteiger partial charge on any atom is -0.413 e. The molecule has 21 heavy (non-hydrogen) atoms. The predicted molar refractivity (Wildman–Crippen MR) is 80.5 cm³/mol. The lowest BCUT2D eigenvalue weighted by Gasteiger charge is -2.22. The molecule has 112 valence electrons. The van der Waals surface area contributed by atoms with E-state index in [2.05, 4.69) is 13.1 Å². The number of hydrogen-bond donors (Lipinski definition) is 0. The standard InChI is InChI=1S/C16H17F3OSi/c1-4-20-21(2,3)13-7-5-11(6-8-13)12-9-14(17)16(19)15(18)10-12/h5-10H,4H2,1-3H3. The summed E-state index contributed by atoms with van der Waals surface area (Å²) >= 11 is 0. The van der Waals surface area contributed by atoms with Crippen LogP contribution in [0.4, 0.5) is 13.2 Å². The highest BCUT2D eigenvalue weighted by Gasteiger charge is 2.24. The van der Waals surface area contributed by atoms with Crippen LogP contribution in [0.25, 0.3) is 11.1 Å². The molecule has 2 aromatic rings. The van der Waals surface area contributed by atoms with Crippen molar-refractivity contribution in [2.24, 2.45) is 0 Å². The van der Waals surface area contributed by atoms with E-state index in [1.807, 2.05) is 19.1 Å². The molecule has 0 saturated carbocycles. The summed E-state index contributed by atoms with van der Waals surface area (Å²) in [5, 5.41) is 1.09. The van der Waals surface area contributed by atoms with E-state index in [0.717, 1.165) is 17.3 Å². The van der Waals surface area contributed by atoms with Gasteiger partial charge in [0.2, 0.25) is 8.32 Å². The Morgan fingerprint density at radius 3 is 1.90 bits per heavy atom. The van der Waals surface area contributed by atoms with E-state index in [4.69, 9.17) is 4.43 Å². The van der Waals surface area contributed by atoms with E-state index in [0.29, 0.717) is 17.7 Å². The minimum atomic E-state index is -1.94. The number of benzene rings is 2. The van der Waals surface area contributed by atoms with Gasteiger partial charge in [-0.2, -0.15) is 0 Å². The highest BCUT2D eigenvalue weighted by Crippen LogP contribution is 2.23. The summed E-state index contributed by atoms with van der Waals surface area (Å²) in [4.78, 5) is 0. The van der Waals surface area contributed by atoms with Crippen molar-refractivity contribution >= 4 is 13.5 Å². The van der Waals surface area contributed by atoms with Gasteiger partial charge in [-0.1, -0.05) is 24.3 Å². The smallest absolute Gasteiger partial charge is 0.218 e. The molecule has 0 N–H and O–H groups in total. The molecule has 5 heteroatoms. The molecule has 0 heterocycles. The summed E-state index contributed by atoms with van der Waals surface area (Å²) < 4.78 is 45.3. The van der Waals surface area contributed by atoms with Gasteiger partial charge in [0.05, 0.1) is 0 Å². The second-order valence-corrected chi connectivity index (χ2v) is 9.16. The van der Waals surface area contributed by atoms with Crippen molar-refractivity contribution in [3.63, 3.8) is 0 Å². The van der Waals surface area contributed by atoms with Crippen LogP contribution in [0.1, 0.15) is 6.92 Å². The molecular formula is C16H17F3OSi. The van der Waals surface area contributed by atoms with E-state index < -0.39 is 25.8 Å². The van der Waals surface area contributed by atoms with Gasteiger partial charge in [0.15, 0.2) is 17.5 Å². The lowest BCUT2D eigenvalue weighted by atomic mass is 10.1. The fourth-order valence-corrected chi connectivity index (χ4v) is 4.09. The molecule has 0 aliphatic rings. The molecule has 1 nitrogen and oxygen atoms in total. The zero-order valence-corrected chi connectivity index (χ0v) is 13.2. The van der Waals surface area contributed by atoms with Crippen LogP contribution in [-0.2, 0) is 4.43 Å². The van der Waals surface area contributed by atoms with E-state index in [-0.39, 0.29) is 0 Å². The molecule has 0 bridgehead atoms. The molecule has 2 aromatic carbocycles. The number of hydrogen-bond acceptors (Lipinski definition) is 1. The van der Waals surface area contributed by atoms with Gasteiger partial charge in [-0.05, 0) is 48.5 Å². The van der Waals surface area contributed by atoms with Crippen molar-refractivity contribution in [2.75, 3.05) is 6.61 Å². The van der Waals surface area contributed by atoms with Gasteiger partial charge in [-0.25, -0.2) is 13.2 Å². The molecule has 0 aliphatic carbocycles. The van der Waals surface area contributed by atoms with Crippen LogP contribution in [0.5, 0.6) is 0 Å². The van der Waals surface area contributed by atoms with Crippen molar-refractivity contribution in [1.29, 1.82) is 0 Å². The molecule has 0 atom stereocenters. The second kappa shape index (κ2) is 6.03. The topological polar surface area (TPSA) is 9.23 Å². The SMILES string of the molecule is CCO[Si](C)(C)c1ccc(-c2cc(F)c(F)c(F)c2)cc1. The zero-order chi connectivity index (χ0) is 15.6. The summed E-state index contributed by atoms with van der Waals surface area (Å²) in [6.07, 6.45) is 0. The minimum absolute atomic E-state index is 0.314. The summed E-state index contributed by atoms with van der Waals surface area (Å²) in [5.41, 5.74) is 0.951. The largest absolute Gasteiger partial charge is 0.413 e. The Hall–Kier alpha value is -1.59. The summed E-state index contributed by atoms with van der Waals surface area (Å²) in [6.45, 7) is 6.77. The van der Waals surface area contributed by atoms with Gasteiger partial charge in [0, 0.05) is 6.61 Å².